The zero-order valence-electron chi connectivity index (χ0n) is 12.3. The monoisotopic (exact) mass is 385 g/mol. The van der Waals surface area contributed by atoms with Crippen LogP contribution in [0.2, 0.25) is 10.3 Å². The Morgan fingerprint density at radius 1 is 1.38 bits per heavy atom. The van der Waals surface area contributed by atoms with E-state index in [1.54, 1.807) is 12.3 Å². The molecule has 0 unspecified atom stereocenters. The Morgan fingerprint density at radius 3 is 2.88 bits per heavy atom. The third kappa shape index (κ3) is 3.28. The molecule has 2 aromatic heterocycles. The molecule has 0 atom stereocenters. The molecule has 0 bridgehead atoms. The third-order valence-electron chi connectivity index (χ3n) is 3.08. The number of benzene rings is 1. The lowest BCUT2D eigenvalue weighted by atomic mass is 10.2. The van der Waals surface area contributed by atoms with Gasteiger partial charge < -0.3 is 10.1 Å². The number of carbonyl (C=O) groups excluding carboxylic acids is 1. The molecular formula is C15H10Cl2FN3O2S. The van der Waals surface area contributed by atoms with Gasteiger partial charge in [0, 0.05) is 11.1 Å². The average molecular weight is 386 g/mol. The molecule has 3 aromatic rings. The molecular weight excluding hydrogens is 376 g/mol. The lowest BCUT2D eigenvalue weighted by Gasteiger charge is -2.09. The third-order valence-corrected chi connectivity index (χ3v) is 4.41. The topological polar surface area (TPSA) is 64.1 Å². The van der Waals surface area contributed by atoms with E-state index >= 15 is 0 Å². The highest BCUT2D eigenvalue weighted by molar-refractivity contribution is 7.17. The second-order valence-electron chi connectivity index (χ2n) is 4.65. The lowest BCUT2D eigenvalue weighted by molar-refractivity contribution is 0.0529. The molecule has 5 nitrogen and oxygen atoms in total. The fourth-order valence-electron chi connectivity index (χ4n) is 2.08. The SMILES string of the molecule is CCOC(=O)c1csc2nc(Cl)nc(Nc3ccc(F)c(Cl)c3)c12. The van der Waals surface area contributed by atoms with E-state index in [4.69, 9.17) is 27.9 Å². The standard InChI is InChI=1S/C15H10Cl2FN3O2S/c1-2-23-14(22)8-6-24-13-11(8)12(20-15(17)21-13)19-7-3-4-10(18)9(16)5-7/h3-6H,2H2,1H3,(H,19,20,21). The summed E-state index contributed by atoms with van der Waals surface area (Å²) in [6.45, 7) is 1.97. The minimum Gasteiger partial charge on any atom is -0.462 e. The van der Waals surface area contributed by atoms with Crippen LogP contribution in [0, 0.1) is 5.82 Å². The van der Waals surface area contributed by atoms with Gasteiger partial charge in [-0.2, -0.15) is 4.98 Å². The highest BCUT2D eigenvalue weighted by Gasteiger charge is 2.19. The molecule has 0 aliphatic carbocycles. The summed E-state index contributed by atoms with van der Waals surface area (Å²) >= 11 is 13.0. The number of halogens is 3. The molecule has 1 aromatic carbocycles. The summed E-state index contributed by atoms with van der Waals surface area (Å²) < 4.78 is 18.3. The summed E-state index contributed by atoms with van der Waals surface area (Å²) in [5, 5.41) is 5.10. The number of aromatic nitrogens is 2. The van der Waals surface area contributed by atoms with Gasteiger partial charge in [-0.1, -0.05) is 11.6 Å². The van der Waals surface area contributed by atoms with Crippen LogP contribution in [0.3, 0.4) is 0 Å². The molecule has 0 saturated heterocycles. The molecule has 0 saturated carbocycles. The van der Waals surface area contributed by atoms with Crippen molar-refractivity contribution in [2.45, 2.75) is 6.92 Å². The smallest absolute Gasteiger partial charge is 0.339 e. The van der Waals surface area contributed by atoms with Gasteiger partial charge in [0.1, 0.15) is 16.5 Å². The first-order valence-corrected chi connectivity index (χ1v) is 8.47. The van der Waals surface area contributed by atoms with E-state index in [2.05, 4.69) is 15.3 Å². The Kier molecular flexibility index (Phi) is 4.84. The molecule has 2 heterocycles. The van der Waals surface area contributed by atoms with Crippen molar-refractivity contribution in [1.29, 1.82) is 0 Å². The number of anilines is 2. The molecule has 3 rings (SSSR count). The number of nitrogens with one attached hydrogen (secondary N) is 1. The number of fused-ring (bicyclic) bond motifs is 1. The van der Waals surface area contributed by atoms with E-state index in [0.717, 1.165) is 0 Å². The van der Waals surface area contributed by atoms with Crippen LogP contribution < -0.4 is 5.32 Å². The van der Waals surface area contributed by atoms with E-state index in [1.165, 1.54) is 29.5 Å². The van der Waals surface area contributed by atoms with Crippen molar-refractivity contribution in [1.82, 2.24) is 9.97 Å². The maximum Gasteiger partial charge on any atom is 0.339 e. The molecule has 0 aliphatic heterocycles. The predicted octanol–water partition coefficient (Wildman–Crippen LogP) is 5.06. The van der Waals surface area contributed by atoms with Crippen LogP contribution in [0.1, 0.15) is 17.3 Å². The summed E-state index contributed by atoms with van der Waals surface area (Å²) in [7, 11) is 0. The highest BCUT2D eigenvalue weighted by atomic mass is 35.5. The van der Waals surface area contributed by atoms with Crippen LogP contribution in [0.25, 0.3) is 10.2 Å². The van der Waals surface area contributed by atoms with Crippen molar-refractivity contribution >= 4 is 62.2 Å². The second kappa shape index (κ2) is 6.88. The van der Waals surface area contributed by atoms with Crippen molar-refractivity contribution in [2.75, 3.05) is 11.9 Å². The Labute approximate surface area is 150 Å². The largest absolute Gasteiger partial charge is 0.462 e. The normalized spacial score (nSPS) is 10.8. The Balaban J connectivity index is 2.09. The Bertz CT molecular complexity index is 932. The summed E-state index contributed by atoms with van der Waals surface area (Å²) in [4.78, 5) is 20.9. The number of esters is 1. The van der Waals surface area contributed by atoms with Crippen LogP contribution in [-0.2, 0) is 4.74 Å². The minimum atomic E-state index is -0.532. The fourth-order valence-corrected chi connectivity index (χ4v) is 3.38. The summed E-state index contributed by atoms with van der Waals surface area (Å²) in [6, 6.07) is 4.14. The van der Waals surface area contributed by atoms with E-state index in [1.807, 2.05) is 0 Å². The van der Waals surface area contributed by atoms with E-state index in [-0.39, 0.29) is 16.9 Å². The first-order valence-electron chi connectivity index (χ1n) is 6.83. The summed E-state index contributed by atoms with van der Waals surface area (Å²) in [6.07, 6.45) is 0. The molecule has 0 spiro atoms. The van der Waals surface area contributed by atoms with Gasteiger partial charge in [-0.05, 0) is 36.7 Å². The number of carbonyl (C=O) groups is 1. The van der Waals surface area contributed by atoms with Crippen LogP contribution in [0.15, 0.2) is 23.6 Å². The first kappa shape index (κ1) is 16.9. The molecule has 0 amide bonds. The first-order chi connectivity index (χ1) is 11.5. The number of hydrogen-bond acceptors (Lipinski definition) is 6. The second-order valence-corrected chi connectivity index (χ2v) is 6.25. The maximum atomic E-state index is 13.3. The van der Waals surface area contributed by atoms with Gasteiger partial charge in [-0.3, -0.25) is 0 Å². The van der Waals surface area contributed by atoms with Gasteiger partial charge in [0.05, 0.1) is 22.6 Å². The van der Waals surface area contributed by atoms with E-state index in [0.29, 0.717) is 27.3 Å². The molecule has 24 heavy (non-hydrogen) atoms. The van der Waals surface area contributed by atoms with Crippen molar-refractivity contribution in [3.8, 4) is 0 Å². The molecule has 0 fully saturated rings. The van der Waals surface area contributed by atoms with Crippen molar-refractivity contribution < 1.29 is 13.9 Å². The predicted molar refractivity (Wildman–Crippen MR) is 93.1 cm³/mol. The van der Waals surface area contributed by atoms with Crippen LogP contribution in [0.5, 0.6) is 0 Å². The van der Waals surface area contributed by atoms with Gasteiger partial charge in [-0.25, -0.2) is 14.2 Å². The highest BCUT2D eigenvalue weighted by Crippen LogP contribution is 2.33. The van der Waals surface area contributed by atoms with Crippen LogP contribution in [0.4, 0.5) is 15.9 Å². The van der Waals surface area contributed by atoms with Crippen LogP contribution >= 0.6 is 34.5 Å². The van der Waals surface area contributed by atoms with E-state index < -0.39 is 11.8 Å². The molecule has 9 heteroatoms. The minimum absolute atomic E-state index is 0.0236. The van der Waals surface area contributed by atoms with Gasteiger partial charge >= 0.3 is 5.97 Å². The number of hydrogen-bond donors (Lipinski definition) is 1. The van der Waals surface area contributed by atoms with Crippen molar-refractivity contribution in [2.24, 2.45) is 0 Å². The van der Waals surface area contributed by atoms with Gasteiger partial charge in [-0.15, -0.1) is 11.3 Å². The van der Waals surface area contributed by atoms with E-state index in [9.17, 15) is 9.18 Å². The zero-order chi connectivity index (χ0) is 17.3. The lowest BCUT2D eigenvalue weighted by Crippen LogP contribution is -2.05. The fraction of sp³-hybridized carbons (Fsp3) is 0.133. The zero-order valence-corrected chi connectivity index (χ0v) is 14.6. The van der Waals surface area contributed by atoms with Gasteiger partial charge in [0.2, 0.25) is 5.28 Å². The Morgan fingerprint density at radius 2 is 2.17 bits per heavy atom. The van der Waals surface area contributed by atoms with Crippen molar-refractivity contribution in [3.63, 3.8) is 0 Å². The maximum absolute atomic E-state index is 13.3. The molecule has 1 N–H and O–H groups in total. The number of thiophene rings is 1. The molecule has 0 radical (unpaired) electrons. The quantitative estimate of drug-likeness (QED) is 0.502. The van der Waals surface area contributed by atoms with Gasteiger partial charge in [0.25, 0.3) is 0 Å². The summed E-state index contributed by atoms with van der Waals surface area (Å²) in [5.41, 5.74) is 0.836. The molecule has 0 aliphatic rings. The number of nitrogens with zero attached hydrogens (tertiary/aromatic N) is 2. The van der Waals surface area contributed by atoms with Crippen LogP contribution in [-0.4, -0.2) is 22.5 Å². The summed E-state index contributed by atoms with van der Waals surface area (Å²) in [5.74, 6) is -0.692. The number of rotatable bonds is 4. The number of ether oxygens (including phenoxy) is 1. The average Bonchev–Trinajstić information content (AvgIpc) is 2.95. The van der Waals surface area contributed by atoms with Crippen molar-refractivity contribution in [3.05, 3.63) is 45.3 Å². The Hall–Kier alpha value is -1.96. The molecule has 124 valence electrons. The van der Waals surface area contributed by atoms with Gasteiger partial charge in [0.15, 0.2) is 0 Å².